The topological polar surface area (TPSA) is 64.9 Å². The zero-order valence-corrected chi connectivity index (χ0v) is 20.5. The molecule has 37 heavy (non-hydrogen) atoms. The fraction of sp³-hybridized carbons (Fsp3) is 0.250. The number of aryl methyl sites for hydroxylation is 1. The summed E-state index contributed by atoms with van der Waals surface area (Å²) >= 11 is 0. The van der Waals surface area contributed by atoms with Crippen LogP contribution in [0.1, 0.15) is 35.5 Å². The highest BCUT2D eigenvalue weighted by Gasteiger charge is 2.30. The number of hydrogen-bond donors (Lipinski definition) is 1. The Balaban J connectivity index is 1.39. The molecule has 0 radical (unpaired) electrons. The molecule has 0 amide bonds. The zero-order chi connectivity index (χ0) is 26.0. The van der Waals surface area contributed by atoms with E-state index in [-0.39, 0.29) is 0 Å². The lowest BCUT2D eigenvalue weighted by Gasteiger charge is -2.18. The van der Waals surface area contributed by atoms with Gasteiger partial charge in [0.1, 0.15) is 11.6 Å². The first-order valence-electron chi connectivity index (χ1n) is 12.0. The molecule has 6 nitrogen and oxygen atoms in total. The van der Waals surface area contributed by atoms with E-state index in [0.717, 1.165) is 39.5 Å². The highest BCUT2D eigenvalue weighted by molar-refractivity contribution is 5.99. The Morgan fingerprint density at radius 2 is 1.81 bits per heavy atom. The Morgan fingerprint density at radius 3 is 2.59 bits per heavy atom. The minimum absolute atomic E-state index is 0.410. The van der Waals surface area contributed by atoms with Crippen LogP contribution in [0.3, 0.4) is 0 Å². The number of anilines is 1. The second-order valence-corrected chi connectivity index (χ2v) is 8.94. The van der Waals surface area contributed by atoms with Gasteiger partial charge in [-0.1, -0.05) is 42.5 Å². The summed E-state index contributed by atoms with van der Waals surface area (Å²) in [6, 6.07) is 18.8. The molecule has 0 saturated heterocycles. The summed E-state index contributed by atoms with van der Waals surface area (Å²) < 4.78 is 47.3. The fourth-order valence-electron chi connectivity index (χ4n) is 4.29. The number of nitrogens with zero attached hydrogens (tertiary/aromatic N) is 4. The summed E-state index contributed by atoms with van der Waals surface area (Å²) in [5, 5.41) is 9.52. The van der Waals surface area contributed by atoms with Crippen molar-refractivity contribution >= 4 is 27.6 Å². The molecule has 1 N–H and O–H groups in total. The van der Waals surface area contributed by atoms with Crippen LogP contribution in [-0.4, -0.2) is 26.4 Å². The zero-order valence-electron chi connectivity index (χ0n) is 20.5. The SMILES string of the molecule is Cc1nc(N[C@H](C)c2cccc(C(F)(F)F)c2)c2cc3c(cnn3CCOCc3ccccc3)cc2n1. The molecule has 9 heteroatoms. The molecule has 2 aromatic heterocycles. The van der Waals surface area contributed by atoms with Crippen molar-refractivity contribution < 1.29 is 17.9 Å². The number of rotatable bonds is 8. The molecular weight excluding hydrogens is 479 g/mol. The van der Waals surface area contributed by atoms with Crippen LogP contribution in [0.2, 0.25) is 0 Å². The molecule has 1 atom stereocenters. The average molecular weight is 506 g/mol. The predicted octanol–water partition coefficient (Wildman–Crippen LogP) is 6.70. The standard InChI is InChI=1S/C28H26F3N5O/c1-18(21-9-6-10-23(13-21)28(29,30)31)33-27-24-15-26-22(14-25(24)34-19(2)35-27)16-32-36(26)11-12-37-17-20-7-4-3-5-8-20/h3-10,13-16,18H,11-12,17H2,1-2H3,(H,33,34,35)/t18-/m1/s1. The van der Waals surface area contributed by atoms with Crippen LogP contribution < -0.4 is 5.32 Å². The van der Waals surface area contributed by atoms with Crippen molar-refractivity contribution in [3.63, 3.8) is 0 Å². The lowest BCUT2D eigenvalue weighted by Crippen LogP contribution is -2.12. The molecule has 0 saturated carbocycles. The maximum Gasteiger partial charge on any atom is 0.416 e. The van der Waals surface area contributed by atoms with Gasteiger partial charge in [-0.3, -0.25) is 4.68 Å². The van der Waals surface area contributed by atoms with Crippen molar-refractivity contribution in [1.29, 1.82) is 0 Å². The Labute approximate surface area is 212 Å². The predicted molar refractivity (Wildman–Crippen MR) is 137 cm³/mol. The number of nitrogens with one attached hydrogen (secondary N) is 1. The highest BCUT2D eigenvalue weighted by atomic mass is 19.4. The van der Waals surface area contributed by atoms with Gasteiger partial charge in [0.25, 0.3) is 0 Å². The maximum atomic E-state index is 13.2. The number of fused-ring (bicyclic) bond motifs is 2. The lowest BCUT2D eigenvalue weighted by molar-refractivity contribution is -0.137. The van der Waals surface area contributed by atoms with Gasteiger partial charge >= 0.3 is 6.18 Å². The molecule has 0 aliphatic heterocycles. The van der Waals surface area contributed by atoms with E-state index in [1.54, 1.807) is 19.2 Å². The van der Waals surface area contributed by atoms with Crippen LogP contribution in [0.15, 0.2) is 72.9 Å². The van der Waals surface area contributed by atoms with E-state index in [1.807, 2.05) is 54.1 Å². The average Bonchev–Trinajstić information content (AvgIpc) is 3.27. The van der Waals surface area contributed by atoms with Crippen LogP contribution in [0.4, 0.5) is 19.0 Å². The summed E-state index contributed by atoms with van der Waals surface area (Å²) in [5.74, 6) is 1.12. The van der Waals surface area contributed by atoms with Crippen LogP contribution in [0, 0.1) is 6.92 Å². The smallest absolute Gasteiger partial charge is 0.375 e. The number of benzene rings is 3. The maximum absolute atomic E-state index is 13.2. The van der Waals surface area contributed by atoms with E-state index in [2.05, 4.69) is 20.4 Å². The first kappa shape index (κ1) is 24.7. The van der Waals surface area contributed by atoms with Crippen molar-refractivity contribution in [1.82, 2.24) is 19.7 Å². The van der Waals surface area contributed by atoms with Gasteiger partial charge in [-0.2, -0.15) is 18.3 Å². The third kappa shape index (κ3) is 5.56. The third-order valence-corrected chi connectivity index (χ3v) is 6.20. The highest BCUT2D eigenvalue weighted by Crippen LogP contribution is 2.32. The van der Waals surface area contributed by atoms with E-state index in [9.17, 15) is 13.2 Å². The summed E-state index contributed by atoms with van der Waals surface area (Å²) in [6.45, 7) is 5.18. The quantitative estimate of drug-likeness (QED) is 0.238. The van der Waals surface area contributed by atoms with Gasteiger partial charge in [0.05, 0.1) is 42.6 Å². The molecule has 0 aliphatic carbocycles. The molecule has 0 unspecified atom stereocenters. The monoisotopic (exact) mass is 505 g/mol. The van der Waals surface area contributed by atoms with Gasteiger partial charge in [0, 0.05) is 16.8 Å². The summed E-state index contributed by atoms with van der Waals surface area (Å²) in [5.41, 5.74) is 2.58. The lowest BCUT2D eigenvalue weighted by atomic mass is 10.0. The number of hydrogen-bond acceptors (Lipinski definition) is 5. The third-order valence-electron chi connectivity index (χ3n) is 6.20. The van der Waals surface area contributed by atoms with Crippen LogP contribution in [-0.2, 0) is 24.1 Å². The second-order valence-electron chi connectivity index (χ2n) is 8.94. The first-order valence-corrected chi connectivity index (χ1v) is 12.0. The molecule has 0 fully saturated rings. The van der Waals surface area contributed by atoms with E-state index < -0.39 is 17.8 Å². The largest absolute Gasteiger partial charge is 0.416 e. The summed E-state index contributed by atoms with van der Waals surface area (Å²) in [6.07, 6.45) is -2.61. The molecule has 0 spiro atoms. The molecule has 190 valence electrons. The number of ether oxygens (including phenoxy) is 1. The molecule has 0 bridgehead atoms. The first-order chi connectivity index (χ1) is 17.8. The minimum atomic E-state index is -4.40. The Morgan fingerprint density at radius 1 is 1.00 bits per heavy atom. The van der Waals surface area contributed by atoms with Gasteiger partial charge in [-0.25, -0.2) is 9.97 Å². The van der Waals surface area contributed by atoms with Gasteiger partial charge in [0.15, 0.2) is 0 Å². The minimum Gasteiger partial charge on any atom is -0.375 e. The van der Waals surface area contributed by atoms with Crippen LogP contribution in [0.5, 0.6) is 0 Å². The van der Waals surface area contributed by atoms with E-state index in [4.69, 9.17) is 4.74 Å². The normalized spacial score (nSPS) is 12.8. The number of aromatic nitrogens is 4. The Hall–Kier alpha value is -3.98. The molecule has 5 aromatic rings. The molecule has 2 heterocycles. The van der Waals surface area contributed by atoms with Crippen molar-refractivity contribution in [2.45, 2.75) is 39.2 Å². The summed E-state index contributed by atoms with van der Waals surface area (Å²) in [4.78, 5) is 9.14. The number of alkyl halides is 3. The Bertz CT molecular complexity index is 1530. The van der Waals surface area contributed by atoms with Crippen molar-refractivity contribution in [2.24, 2.45) is 0 Å². The van der Waals surface area contributed by atoms with Crippen molar-refractivity contribution in [3.8, 4) is 0 Å². The van der Waals surface area contributed by atoms with E-state index >= 15 is 0 Å². The van der Waals surface area contributed by atoms with Crippen LogP contribution >= 0.6 is 0 Å². The van der Waals surface area contributed by atoms with E-state index in [0.29, 0.717) is 37.0 Å². The molecular formula is C28H26F3N5O. The fourth-order valence-corrected chi connectivity index (χ4v) is 4.29. The number of halogens is 3. The second kappa shape index (κ2) is 10.2. The van der Waals surface area contributed by atoms with Crippen molar-refractivity contribution in [2.75, 3.05) is 11.9 Å². The van der Waals surface area contributed by atoms with Gasteiger partial charge in [-0.05, 0) is 49.2 Å². The molecule has 3 aromatic carbocycles. The van der Waals surface area contributed by atoms with Gasteiger partial charge in [-0.15, -0.1) is 0 Å². The van der Waals surface area contributed by atoms with Crippen molar-refractivity contribution in [3.05, 3.63) is 95.4 Å². The summed E-state index contributed by atoms with van der Waals surface area (Å²) in [7, 11) is 0. The molecule has 0 aliphatic rings. The molecule has 5 rings (SSSR count). The van der Waals surface area contributed by atoms with Gasteiger partial charge in [0.2, 0.25) is 0 Å². The van der Waals surface area contributed by atoms with E-state index in [1.165, 1.54) is 6.07 Å². The van der Waals surface area contributed by atoms with Crippen LogP contribution in [0.25, 0.3) is 21.8 Å². The Kier molecular flexibility index (Phi) is 6.80. The van der Waals surface area contributed by atoms with Gasteiger partial charge < -0.3 is 10.1 Å².